The molecular weight excluding hydrogens is 511 g/mol. The first-order chi connectivity index (χ1) is 17.1. The Hall–Kier alpha value is -3.01. The number of rotatable bonds is 10. The Morgan fingerprint density at radius 3 is 2.00 bits per heavy atom. The first-order valence-corrected chi connectivity index (χ1v) is 11.4. The van der Waals surface area contributed by atoms with Crippen LogP contribution >= 0.6 is 0 Å². The second kappa shape index (κ2) is 12.0. The summed E-state index contributed by atoms with van der Waals surface area (Å²) in [5.41, 5.74) is 5.25. The smallest absolute Gasteiger partial charge is 0.426 e. The Bertz CT molecular complexity index is 960. The largest absolute Gasteiger partial charge is 0.475 e. The molecule has 2 amide bonds. The van der Waals surface area contributed by atoms with Gasteiger partial charge in [-0.3, -0.25) is 14.6 Å². The van der Waals surface area contributed by atoms with Gasteiger partial charge in [-0.15, -0.1) is 0 Å². The van der Waals surface area contributed by atoms with Crippen molar-refractivity contribution in [3.63, 3.8) is 0 Å². The topological polar surface area (TPSA) is 163 Å². The van der Waals surface area contributed by atoms with Gasteiger partial charge in [0.25, 0.3) is 0 Å². The summed E-state index contributed by atoms with van der Waals surface area (Å²) in [7, 11) is -1.98. The van der Waals surface area contributed by atoms with Crippen molar-refractivity contribution in [1.29, 1.82) is 0 Å². The molecule has 0 aliphatic heterocycles. The first kappa shape index (κ1) is 30.2. The zero-order valence-corrected chi connectivity index (χ0v) is 19.6. The van der Waals surface area contributed by atoms with Gasteiger partial charge < -0.3 is 32.1 Å². The Balaban J connectivity index is 2.18. The number of guanidine groups is 1. The lowest BCUT2D eigenvalue weighted by Gasteiger charge is -2.29. The molecule has 0 aromatic heterocycles. The van der Waals surface area contributed by atoms with Gasteiger partial charge in [-0.1, -0.05) is 12.8 Å². The van der Waals surface area contributed by atoms with Gasteiger partial charge in [-0.2, -0.15) is 26.3 Å². The monoisotopic (exact) mass is 539 g/mol. The highest BCUT2D eigenvalue weighted by Crippen LogP contribution is 2.39. The fourth-order valence-corrected chi connectivity index (χ4v) is 4.13. The molecule has 16 heteroatoms. The van der Waals surface area contributed by atoms with Crippen LogP contribution in [0.5, 0.6) is 0 Å². The van der Waals surface area contributed by atoms with E-state index in [1.165, 1.54) is 0 Å². The van der Waals surface area contributed by atoms with Crippen LogP contribution in [0.15, 0.2) is 23.2 Å². The quantitative estimate of drug-likeness (QED) is 0.0659. The van der Waals surface area contributed by atoms with E-state index in [4.69, 9.17) is 11.5 Å². The number of amides is 2. The van der Waals surface area contributed by atoms with E-state index in [2.05, 4.69) is 15.6 Å². The fraction of sp³-hybridized carbons (Fsp3) is 0.571. The van der Waals surface area contributed by atoms with E-state index in [1.807, 2.05) is 0 Å². The molecular formula is C21H28BF6N5O4. The van der Waals surface area contributed by atoms with Gasteiger partial charge in [0.05, 0.1) is 17.1 Å². The molecule has 0 bridgehead atoms. The fourth-order valence-electron chi connectivity index (χ4n) is 4.13. The van der Waals surface area contributed by atoms with E-state index in [-0.39, 0.29) is 44.3 Å². The summed E-state index contributed by atoms with van der Waals surface area (Å²) in [5, 5.41) is 24.0. The SMILES string of the molecule is NC(N)=NCCC[C@H](NC(=O)C1(C(=O)NCc2cc(C(F)(F)F)cc(C(F)(F)F)c2)CCCC1)B(O)O. The Morgan fingerprint density at radius 1 is 1.00 bits per heavy atom. The van der Waals surface area contributed by atoms with Crippen molar-refractivity contribution in [3.05, 3.63) is 34.9 Å². The minimum absolute atomic E-state index is 0.0231. The number of nitrogens with one attached hydrogen (secondary N) is 2. The maximum absolute atomic E-state index is 13.1. The third kappa shape index (κ3) is 8.25. The molecule has 206 valence electrons. The second-order valence-electron chi connectivity index (χ2n) is 8.83. The molecule has 0 spiro atoms. The van der Waals surface area contributed by atoms with Gasteiger partial charge in [0.2, 0.25) is 11.8 Å². The average Bonchev–Trinajstić information content (AvgIpc) is 3.29. The maximum atomic E-state index is 13.1. The van der Waals surface area contributed by atoms with Crippen LogP contribution in [0, 0.1) is 5.41 Å². The van der Waals surface area contributed by atoms with E-state index < -0.39 is 65.9 Å². The highest BCUT2D eigenvalue weighted by atomic mass is 19.4. The van der Waals surface area contributed by atoms with Crippen LogP contribution in [-0.4, -0.2) is 47.4 Å². The molecule has 1 aromatic carbocycles. The summed E-state index contributed by atoms with van der Waals surface area (Å²) in [6, 6.07) is 0.960. The standard InChI is InChI=1S/C21H28BF6N5O4/c23-20(24,25)13-8-12(9-14(10-13)21(26,27)28)11-32-16(34)19(5-1-2-6-19)17(35)33-15(22(36)37)4-3-7-31-18(29)30/h8-10,15,36-37H,1-7,11H2,(H,32,34)(H,33,35)(H4,29,30,31)/t15-/m0/s1. The summed E-state index contributed by atoms with van der Waals surface area (Å²) in [6.45, 7) is -0.546. The molecule has 1 fully saturated rings. The zero-order valence-electron chi connectivity index (χ0n) is 19.6. The summed E-state index contributed by atoms with van der Waals surface area (Å²) in [6.07, 6.45) is -8.76. The summed E-state index contributed by atoms with van der Waals surface area (Å²) < 4.78 is 78.7. The van der Waals surface area contributed by atoms with Crippen molar-refractivity contribution in [3.8, 4) is 0 Å². The molecule has 0 heterocycles. The first-order valence-electron chi connectivity index (χ1n) is 11.4. The molecule has 1 aliphatic rings. The van der Waals surface area contributed by atoms with Gasteiger partial charge in [0.15, 0.2) is 5.96 Å². The second-order valence-corrected chi connectivity index (χ2v) is 8.83. The average molecular weight is 539 g/mol. The van der Waals surface area contributed by atoms with Crippen LogP contribution in [0.3, 0.4) is 0 Å². The Morgan fingerprint density at radius 2 is 1.54 bits per heavy atom. The van der Waals surface area contributed by atoms with E-state index in [1.54, 1.807) is 0 Å². The van der Waals surface area contributed by atoms with Crippen LogP contribution in [0.2, 0.25) is 0 Å². The normalized spacial score (nSPS) is 16.1. The number of nitrogens with zero attached hydrogens (tertiary/aromatic N) is 1. The molecule has 1 atom stereocenters. The third-order valence-electron chi connectivity index (χ3n) is 6.07. The van der Waals surface area contributed by atoms with Crippen LogP contribution in [0.25, 0.3) is 0 Å². The van der Waals surface area contributed by atoms with Gasteiger partial charge in [0, 0.05) is 13.1 Å². The summed E-state index contributed by atoms with van der Waals surface area (Å²) >= 11 is 0. The number of benzene rings is 1. The van der Waals surface area contributed by atoms with Crippen LogP contribution in [0.1, 0.15) is 55.2 Å². The number of nitrogens with two attached hydrogens (primary N) is 2. The molecule has 2 rings (SSSR count). The van der Waals surface area contributed by atoms with Gasteiger partial charge in [-0.05, 0) is 49.4 Å². The van der Waals surface area contributed by atoms with Crippen molar-refractivity contribution in [2.24, 2.45) is 21.9 Å². The van der Waals surface area contributed by atoms with Gasteiger partial charge >= 0.3 is 19.5 Å². The molecule has 0 unspecified atom stereocenters. The lowest BCUT2D eigenvalue weighted by Crippen LogP contribution is -2.55. The van der Waals surface area contributed by atoms with E-state index >= 15 is 0 Å². The van der Waals surface area contributed by atoms with Crippen LogP contribution < -0.4 is 22.1 Å². The Kier molecular flexibility index (Phi) is 9.82. The van der Waals surface area contributed by atoms with Crippen LogP contribution in [0.4, 0.5) is 26.3 Å². The highest BCUT2D eigenvalue weighted by Gasteiger charge is 2.49. The van der Waals surface area contributed by atoms with Crippen molar-refractivity contribution >= 4 is 24.9 Å². The number of carbonyl (C=O) groups is 2. The lowest BCUT2D eigenvalue weighted by molar-refractivity contribution is -0.144. The molecule has 8 N–H and O–H groups in total. The van der Waals surface area contributed by atoms with E-state index in [0.29, 0.717) is 25.0 Å². The van der Waals surface area contributed by atoms with Gasteiger partial charge in [-0.25, -0.2) is 0 Å². The van der Waals surface area contributed by atoms with Gasteiger partial charge in [0.1, 0.15) is 5.41 Å². The lowest BCUT2D eigenvalue weighted by atomic mass is 9.75. The zero-order chi connectivity index (χ0) is 28.0. The minimum atomic E-state index is -5.05. The van der Waals surface area contributed by atoms with Crippen molar-refractivity contribution in [2.45, 2.75) is 63.4 Å². The number of alkyl halides is 6. The molecule has 37 heavy (non-hydrogen) atoms. The third-order valence-corrected chi connectivity index (χ3v) is 6.07. The van der Waals surface area contributed by atoms with Crippen molar-refractivity contribution < 1.29 is 46.0 Å². The van der Waals surface area contributed by atoms with Crippen molar-refractivity contribution in [1.82, 2.24) is 10.6 Å². The predicted octanol–water partition coefficient (Wildman–Crippen LogP) is 1.45. The molecule has 1 saturated carbocycles. The number of halogens is 6. The molecule has 9 nitrogen and oxygen atoms in total. The molecule has 1 aliphatic carbocycles. The van der Waals surface area contributed by atoms with E-state index in [9.17, 15) is 46.0 Å². The number of carbonyl (C=O) groups excluding carboxylic acids is 2. The number of aliphatic imine (C=N–C) groups is 1. The minimum Gasteiger partial charge on any atom is -0.426 e. The number of hydrogen-bond acceptors (Lipinski definition) is 5. The summed E-state index contributed by atoms with van der Waals surface area (Å²) in [4.78, 5) is 29.9. The van der Waals surface area contributed by atoms with Crippen molar-refractivity contribution in [2.75, 3.05) is 6.54 Å². The highest BCUT2D eigenvalue weighted by molar-refractivity contribution is 6.43. The van der Waals surface area contributed by atoms with E-state index in [0.717, 1.165) is 0 Å². The Labute approximate surface area is 208 Å². The molecule has 1 aromatic rings. The predicted molar refractivity (Wildman–Crippen MR) is 121 cm³/mol. The molecule has 0 radical (unpaired) electrons. The summed E-state index contributed by atoms with van der Waals surface area (Å²) in [5.74, 6) is -3.07. The maximum Gasteiger partial charge on any atom is 0.475 e. The molecule has 0 saturated heterocycles. The van der Waals surface area contributed by atoms with Crippen LogP contribution in [-0.2, 0) is 28.5 Å². The number of hydrogen-bond donors (Lipinski definition) is 6.